The van der Waals surface area contributed by atoms with Crippen LogP contribution in [-0.2, 0) is 10.4 Å². The Hall–Kier alpha value is -3.36. The molecule has 3 rings (SSSR count). The Morgan fingerprint density at radius 1 is 1.21 bits per heavy atom. The number of rotatable bonds is 8. The van der Waals surface area contributed by atoms with Gasteiger partial charge < -0.3 is 36.6 Å². The van der Waals surface area contributed by atoms with Gasteiger partial charge >= 0.3 is 6.18 Å². The number of phenolic OH excluding ortho intramolecular Hbond substituents is 1. The van der Waals surface area contributed by atoms with Crippen molar-refractivity contribution in [1.82, 2.24) is 16.0 Å². The number of hydrogen-bond acceptors (Lipinski definition) is 8. The molecule has 2 aromatic rings. The Morgan fingerprint density at radius 2 is 1.92 bits per heavy atom. The van der Waals surface area contributed by atoms with Crippen LogP contribution < -0.4 is 21.3 Å². The molecule has 14 heteroatoms. The second-order valence-corrected chi connectivity index (χ2v) is 10.1. The van der Waals surface area contributed by atoms with Gasteiger partial charge in [-0.25, -0.2) is 0 Å². The number of β-amino-alcohol motifs (C(OH)–C–C–N with tert-alkyl or cyclic N) is 1. The van der Waals surface area contributed by atoms with Crippen molar-refractivity contribution < 1.29 is 38.1 Å². The summed E-state index contributed by atoms with van der Waals surface area (Å²) in [5, 5.41) is 40.5. The van der Waals surface area contributed by atoms with E-state index < -0.39 is 42.3 Å². The number of carbonyl (C=O) groups excluding carboxylic acids is 2. The molecular formula is C25H29BrF3N5O5. The molecule has 1 aliphatic rings. The first-order chi connectivity index (χ1) is 18.2. The third-order valence-electron chi connectivity index (χ3n) is 6.00. The summed E-state index contributed by atoms with van der Waals surface area (Å²) in [5.41, 5.74) is -2.75. The molecule has 2 aromatic carbocycles. The summed E-state index contributed by atoms with van der Waals surface area (Å²) < 4.78 is 40.4. The van der Waals surface area contributed by atoms with Crippen molar-refractivity contribution in [2.75, 3.05) is 25.0 Å². The van der Waals surface area contributed by atoms with E-state index in [1.165, 1.54) is 30.3 Å². The number of amides is 2. The van der Waals surface area contributed by atoms with E-state index in [0.717, 1.165) is 6.07 Å². The second kappa shape index (κ2) is 12.2. The highest BCUT2D eigenvalue weighted by molar-refractivity contribution is 9.10. The summed E-state index contributed by atoms with van der Waals surface area (Å²) in [6.07, 6.45) is -5.20. The summed E-state index contributed by atoms with van der Waals surface area (Å²) >= 11 is 3.16. The molecule has 1 aliphatic heterocycles. The van der Waals surface area contributed by atoms with Gasteiger partial charge in [-0.2, -0.15) is 13.2 Å². The number of aliphatic hydroxyl groups excluding tert-OH is 1. The number of anilines is 1. The van der Waals surface area contributed by atoms with E-state index in [1.54, 1.807) is 6.92 Å². The SMILES string of the molecule is CCC(NC(=O)CNC(=O)c1cc(O)cc(NC2=NCC(O)CN2)c1)c1cc(Br)cc(C(C)(O)C(F)(F)F)c1. The molecular weight excluding hydrogens is 587 g/mol. The molecule has 3 atom stereocenters. The normalized spacial score (nSPS) is 17.7. The maximum absolute atomic E-state index is 13.4. The number of carbonyl (C=O) groups is 2. The lowest BCUT2D eigenvalue weighted by Gasteiger charge is -2.28. The fraction of sp³-hybridized carbons (Fsp3) is 0.400. The predicted molar refractivity (Wildman–Crippen MR) is 141 cm³/mol. The Morgan fingerprint density at radius 3 is 2.54 bits per heavy atom. The highest BCUT2D eigenvalue weighted by Gasteiger charge is 2.51. The van der Waals surface area contributed by atoms with Gasteiger partial charge in [0.2, 0.25) is 5.91 Å². The van der Waals surface area contributed by atoms with Crippen molar-refractivity contribution in [2.24, 2.45) is 4.99 Å². The van der Waals surface area contributed by atoms with Gasteiger partial charge in [-0.15, -0.1) is 0 Å². The zero-order valence-corrected chi connectivity index (χ0v) is 22.7. The Labute approximate surface area is 230 Å². The lowest BCUT2D eigenvalue weighted by Crippen LogP contribution is -2.42. The number of aromatic hydroxyl groups is 1. The van der Waals surface area contributed by atoms with E-state index in [0.29, 0.717) is 35.0 Å². The molecule has 2 amide bonds. The number of benzene rings is 2. The predicted octanol–water partition coefficient (Wildman–Crippen LogP) is 2.65. The van der Waals surface area contributed by atoms with Crippen molar-refractivity contribution in [2.45, 2.75) is 44.2 Å². The lowest BCUT2D eigenvalue weighted by molar-refractivity contribution is -0.258. The lowest BCUT2D eigenvalue weighted by atomic mass is 9.91. The number of guanidine groups is 1. The van der Waals surface area contributed by atoms with Crippen LogP contribution in [0.4, 0.5) is 18.9 Å². The molecule has 0 aliphatic carbocycles. The minimum Gasteiger partial charge on any atom is -0.508 e. The van der Waals surface area contributed by atoms with Crippen LogP contribution in [0.3, 0.4) is 0 Å². The summed E-state index contributed by atoms with van der Waals surface area (Å²) in [7, 11) is 0. The molecule has 0 bridgehead atoms. The summed E-state index contributed by atoms with van der Waals surface area (Å²) in [5.74, 6) is -1.11. The number of alkyl halides is 3. The van der Waals surface area contributed by atoms with Crippen molar-refractivity contribution in [3.05, 3.63) is 57.6 Å². The van der Waals surface area contributed by atoms with E-state index in [9.17, 15) is 38.1 Å². The van der Waals surface area contributed by atoms with Crippen LogP contribution in [0.5, 0.6) is 5.75 Å². The standard InChI is InChI=1S/C25H29BrF3N5O5/c1-3-20(13-4-15(8-16(26)5-13)24(2,39)25(27,28)29)34-21(37)12-30-22(38)14-6-17(9-18(35)7-14)33-23-31-10-19(36)11-32-23/h4-9,19-20,35-36,39H,3,10-12H2,1-2H3,(H,30,38)(H,34,37)(H2,31,32,33). The molecule has 0 fully saturated rings. The van der Waals surface area contributed by atoms with Crippen molar-refractivity contribution in [3.63, 3.8) is 0 Å². The Kier molecular flexibility index (Phi) is 9.46. The summed E-state index contributed by atoms with van der Waals surface area (Å²) in [4.78, 5) is 29.4. The minimum absolute atomic E-state index is 0.0554. The first kappa shape index (κ1) is 30.2. The molecule has 212 valence electrons. The van der Waals surface area contributed by atoms with Crippen molar-refractivity contribution in [1.29, 1.82) is 0 Å². The van der Waals surface area contributed by atoms with Crippen LogP contribution in [0.25, 0.3) is 0 Å². The number of nitrogens with one attached hydrogen (secondary N) is 4. The van der Waals surface area contributed by atoms with Gasteiger partial charge in [0.15, 0.2) is 11.6 Å². The number of hydrogen-bond donors (Lipinski definition) is 7. The largest absolute Gasteiger partial charge is 0.508 e. The highest BCUT2D eigenvalue weighted by Crippen LogP contribution is 2.40. The maximum atomic E-state index is 13.4. The molecule has 0 spiro atoms. The van der Waals surface area contributed by atoms with Gasteiger partial charge in [0.25, 0.3) is 5.91 Å². The molecule has 10 nitrogen and oxygen atoms in total. The van der Waals surface area contributed by atoms with Crippen LogP contribution in [-0.4, -0.2) is 65.0 Å². The van der Waals surface area contributed by atoms with Gasteiger partial charge in [0.1, 0.15) is 5.75 Å². The minimum atomic E-state index is -4.91. The molecule has 1 heterocycles. The summed E-state index contributed by atoms with van der Waals surface area (Å²) in [6, 6.07) is 7.19. The molecule has 0 aromatic heterocycles. The first-order valence-electron chi connectivity index (χ1n) is 11.9. The van der Waals surface area contributed by atoms with E-state index in [2.05, 4.69) is 42.2 Å². The van der Waals surface area contributed by atoms with E-state index >= 15 is 0 Å². The molecule has 0 radical (unpaired) electrons. The van der Waals surface area contributed by atoms with Crippen molar-refractivity contribution >= 4 is 39.4 Å². The quantitative estimate of drug-likeness (QED) is 0.241. The zero-order valence-electron chi connectivity index (χ0n) is 21.1. The first-order valence-corrected chi connectivity index (χ1v) is 12.7. The fourth-order valence-corrected chi connectivity index (χ4v) is 4.26. The number of aliphatic hydroxyl groups is 2. The smallest absolute Gasteiger partial charge is 0.421 e. The molecule has 3 unspecified atom stereocenters. The van der Waals surface area contributed by atoms with E-state index in [4.69, 9.17) is 0 Å². The molecule has 39 heavy (non-hydrogen) atoms. The van der Waals surface area contributed by atoms with Gasteiger partial charge in [-0.05, 0) is 48.7 Å². The number of halogens is 4. The third kappa shape index (κ3) is 7.83. The number of phenols is 1. The van der Waals surface area contributed by atoms with Crippen LogP contribution >= 0.6 is 15.9 Å². The monoisotopic (exact) mass is 615 g/mol. The van der Waals surface area contributed by atoms with Crippen LogP contribution in [0.1, 0.15) is 47.8 Å². The number of aliphatic imine (C=N–C) groups is 1. The van der Waals surface area contributed by atoms with Gasteiger partial charge in [0, 0.05) is 28.3 Å². The number of nitrogens with zero attached hydrogens (tertiary/aromatic N) is 1. The third-order valence-corrected chi connectivity index (χ3v) is 6.46. The molecule has 7 N–H and O–H groups in total. The van der Waals surface area contributed by atoms with Crippen LogP contribution in [0.15, 0.2) is 45.9 Å². The summed E-state index contributed by atoms with van der Waals surface area (Å²) in [6.45, 7) is 2.41. The fourth-order valence-electron chi connectivity index (χ4n) is 3.75. The van der Waals surface area contributed by atoms with Crippen molar-refractivity contribution in [3.8, 4) is 5.75 Å². The van der Waals surface area contributed by atoms with Gasteiger partial charge in [0.05, 0.1) is 25.2 Å². The Bertz CT molecular complexity index is 1260. The van der Waals surface area contributed by atoms with E-state index in [-0.39, 0.29) is 30.0 Å². The highest BCUT2D eigenvalue weighted by atomic mass is 79.9. The van der Waals surface area contributed by atoms with Crippen LogP contribution in [0, 0.1) is 0 Å². The maximum Gasteiger partial charge on any atom is 0.421 e. The Balaban J connectivity index is 1.65. The average Bonchev–Trinajstić information content (AvgIpc) is 2.85. The average molecular weight is 616 g/mol. The van der Waals surface area contributed by atoms with Crippen LogP contribution in [0.2, 0.25) is 0 Å². The van der Waals surface area contributed by atoms with Gasteiger partial charge in [-0.3, -0.25) is 14.6 Å². The second-order valence-electron chi connectivity index (χ2n) is 9.17. The topological polar surface area (TPSA) is 155 Å². The molecule has 0 saturated carbocycles. The van der Waals surface area contributed by atoms with E-state index in [1.807, 2.05) is 0 Å². The zero-order chi connectivity index (χ0) is 29.0. The van der Waals surface area contributed by atoms with Gasteiger partial charge in [-0.1, -0.05) is 28.9 Å². The molecule has 0 saturated heterocycles.